The summed E-state index contributed by atoms with van der Waals surface area (Å²) in [4.78, 5) is 16.2. The first-order valence-electron chi connectivity index (χ1n) is 6.65. The topological polar surface area (TPSA) is 72.9 Å². The van der Waals surface area contributed by atoms with Crippen molar-refractivity contribution in [1.29, 1.82) is 0 Å². The number of pyridine rings is 1. The molecule has 2 rings (SSSR count). The highest BCUT2D eigenvalue weighted by Crippen LogP contribution is 2.18. The number of nitrogens with zero attached hydrogens (tertiary/aromatic N) is 2. The Labute approximate surface area is 112 Å². The van der Waals surface area contributed by atoms with Crippen molar-refractivity contribution >= 4 is 16.9 Å². The molecule has 5 heteroatoms. The fourth-order valence-corrected chi connectivity index (χ4v) is 2.09. The molecule has 0 fully saturated rings. The highest BCUT2D eigenvalue weighted by molar-refractivity contribution is 5.83. The van der Waals surface area contributed by atoms with Gasteiger partial charge in [0, 0.05) is 30.9 Å². The van der Waals surface area contributed by atoms with Crippen LogP contribution < -0.4 is 11.1 Å². The lowest BCUT2D eigenvalue weighted by Crippen LogP contribution is -2.28. The molecule has 0 spiro atoms. The van der Waals surface area contributed by atoms with Crippen LogP contribution in [0.5, 0.6) is 0 Å². The van der Waals surface area contributed by atoms with Crippen molar-refractivity contribution in [1.82, 2.24) is 14.9 Å². The zero-order chi connectivity index (χ0) is 13.7. The van der Waals surface area contributed by atoms with E-state index in [-0.39, 0.29) is 12.5 Å². The standard InChI is InChI=1S/C14H20N4O/c1-2-3-6-16-13(19)10-18-9-11(8-15)12-5-4-7-17-14(12)18/h4-5,7,9H,2-3,6,8,10,15H2,1H3,(H,16,19). The highest BCUT2D eigenvalue weighted by Gasteiger charge is 2.10. The summed E-state index contributed by atoms with van der Waals surface area (Å²) < 4.78 is 1.86. The number of hydrogen-bond acceptors (Lipinski definition) is 3. The van der Waals surface area contributed by atoms with E-state index in [1.165, 1.54) is 0 Å². The molecular formula is C14H20N4O. The predicted molar refractivity (Wildman–Crippen MR) is 75.5 cm³/mol. The molecule has 0 unspecified atom stereocenters. The van der Waals surface area contributed by atoms with Gasteiger partial charge in [0.1, 0.15) is 12.2 Å². The monoisotopic (exact) mass is 260 g/mol. The highest BCUT2D eigenvalue weighted by atomic mass is 16.1. The van der Waals surface area contributed by atoms with Gasteiger partial charge in [0.2, 0.25) is 5.91 Å². The van der Waals surface area contributed by atoms with Gasteiger partial charge < -0.3 is 15.6 Å². The molecule has 0 aliphatic rings. The van der Waals surface area contributed by atoms with Crippen molar-refractivity contribution in [2.75, 3.05) is 6.54 Å². The van der Waals surface area contributed by atoms with E-state index in [1.807, 2.05) is 22.9 Å². The molecule has 2 heterocycles. The maximum atomic E-state index is 11.8. The molecule has 0 radical (unpaired) electrons. The molecule has 102 valence electrons. The zero-order valence-corrected chi connectivity index (χ0v) is 11.2. The summed E-state index contributed by atoms with van der Waals surface area (Å²) in [7, 11) is 0. The van der Waals surface area contributed by atoms with Crippen molar-refractivity contribution in [2.24, 2.45) is 5.73 Å². The molecule has 0 aliphatic heterocycles. The molecule has 0 aromatic carbocycles. The number of unbranched alkanes of at least 4 members (excludes halogenated alkanes) is 1. The van der Waals surface area contributed by atoms with Gasteiger partial charge in [-0.3, -0.25) is 4.79 Å². The molecule has 0 aliphatic carbocycles. The molecule has 0 atom stereocenters. The van der Waals surface area contributed by atoms with Crippen LogP contribution in [0.25, 0.3) is 11.0 Å². The Balaban J connectivity index is 2.14. The molecule has 0 saturated carbocycles. The van der Waals surface area contributed by atoms with Gasteiger partial charge in [0.05, 0.1) is 0 Å². The minimum absolute atomic E-state index is 0.0135. The third-order valence-corrected chi connectivity index (χ3v) is 3.10. The summed E-state index contributed by atoms with van der Waals surface area (Å²) in [5, 5.41) is 3.93. The van der Waals surface area contributed by atoms with Crippen LogP contribution in [0.2, 0.25) is 0 Å². The second-order valence-electron chi connectivity index (χ2n) is 4.56. The van der Waals surface area contributed by atoms with Crippen molar-refractivity contribution in [3.63, 3.8) is 0 Å². The van der Waals surface area contributed by atoms with Crippen LogP contribution in [0.4, 0.5) is 0 Å². The minimum Gasteiger partial charge on any atom is -0.355 e. The van der Waals surface area contributed by atoms with Crippen LogP contribution in [0.3, 0.4) is 0 Å². The molecular weight excluding hydrogens is 240 g/mol. The lowest BCUT2D eigenvalue weighted by molar-refractivity contribution is -0.121. The van der Waals surface area contributed by atoms with E-state index >= 15 is 0 Å². The Kier molecular flexibility index (Phi) is 4.52. The fraction of sp³-hybridized carbons (Fsp3) is 0.429. The van der Waals surface area contributed by atoms with Crippen molar-refractivity contribution in [3.8, 4) is 0 Å². The van der Waals surface area contributed by atoms with Crippen LogP contribution in [0, 0.1) is 0 Å². The maximum absolute atomic E-state index is 11.8. The second-order valence-corrected chi connectivity index (χ2v) is 4.56. The Morgan fingerprint density at radius 2 is 2.37 bits per heavy atom. The van der Waals surface area contributed by atoms with Crippen LogP contribution in [0.1, 0.15) is 25.3 Å². The lowest BCUT2D eigenvalue weighted by atomic mass is 10.2. The summed E-state index contributed by atoms with van der Waals surface area (Å²) in [6, 6.07) is 3.86. The number of carbonyl (C=O) groups excluding carboxylic acids is 1. The minimum atomic E-state index is 0.0135. The number of hydrogen-bond donors (Lipinski definition) is 2. The fourth-order valence-electron chi connectivity index (χ4n) is 2.09. The van der Waals surface area contributed by atoms with Gasteiger partial charge in [-0.05, 0) is 24.1 Å². The number of carbonyl (C=O) groups is 1. The maximum Gasteiger partial charge on any atom is 0.239 e. The van der Waals surface area contributed by atoms with Crippen LogP contribution >= 0.6 is 0 Å². The van der Waals surface area contributed by atoms with E-state index in [9.17, 15) is 4.79 Å². The quantitative estimate of drug-likeness (QED) is 0.771. The van der Waals surface area contributed by atoms with Gasteiger partial charge in [-0.2, -0.15) is 0 Å². The summed E-state index contributed by atoms with van der Waals surface area (Å²) in [6.07, 6.45) is 5.72. The number of nitrogens with two attached hydrogens (primary N) is 1. The summed E-state index contributed by atoms with van der Waals surface area (Å²) >= 11 is 0. The molecule has 1 amide bonds. The van der Waals surface area contributed by atoms with Crippen LogP contribution in [0.15, 0.2) is 24.5 Å². The van der Waals surface area contributed by atoms with E-state index in [1.54, 1.807) is 6.20 Å². The Morgan fingerprint density at radius 1 is 1.53 bits per heavy atom. The number of fused-ring (bicyclic) bond motifs is 1. The normalized spacial score (nSPS) is 10.8. The van der Waals surface area contributed by atoms with E-state index in [0.717, 1.165) is 36.0 Å². The molecule has 0 saturated heterocycles. The third-order valence-electron chi connectivity index (χ3n) is 3.10. The zero-order valence-electron chi connectivity index (χ0n) is 11.2. The van der Waals surface area contributed by atoms with Crippen molar-refractivity contribution in [2.45, 2.75) is 32.9 Å². The van der Waals surface area contributed by atoms with Gasteiger partial charge in [0.15, 0.2) is 0 Å². The molecule has 0 bridgehead atoms. The van der Waals surface area contributed by atoms with Crippen molar-refractivity contribution < 1.29 is 4.79 Å². The Hall–Kier alpha value is -1.88. The molecule has 2 aromatic heterocycles. The molecule has 19 heavy (non-hydrogen) atoms. The Bertz CT molecular complexity index is 562. The van der Waals surface area contributed by atoms with Gasteiger partial charge in [-0.1, -0.05) is 13.3 Å². The first kappa shape index (κ1) is 13.5. The Morgan fingerprint density at radius 3 is 3.11 bits per heavy atom. The van der Waals surface area contributed by atoms with E-state index in [0.29, 0.717) is 6.54 Å². The molecule has 3 N–H and O–H groups in total. The van der Waals surface area contributed by atoms with E-state index < -0.39 is 0 Å². The summed E-state index contributed by atoms with van der Waals surface area (Å²) in [5.74, 6) is 0.0135. The van der Waals surface area contributed by atoms with Gasteiger partial charge in [-0.15, -0.1) is 0 Å². The number of amides is 1. The summed E-state index contributed by atoms with van der Waals surface area (Å²) in [6.45, 7) is 3.57. The predicted octanol–water partition coefficient (Wildman–Crippen LogP) is 1.41. The SMILES string of the molecule is CCCCNC(=O)Cn1cc(CN)c2cccnc21. The van der Waals surface area contributed by atoms with Crippen LogP contribution in [-0.2, 0) is 17.9 Å². The average molecular weight is 260 g/mol. The van der Waals surface area contributed by atoms with Gasteiger partial charge in [0.25, 0.3) is 0 Å². The van der Waals surface area contributed by atoms with Crippen molar-refractivity contribution in [3.05, 3.63) is 30.1 Å². The smallest absolute Gasteiger partial charge is 0.239 e. The lowest BCUT2D eigenvalue weighted by Gasteiger charge is -2.06. The first-order chi connectivity index (χ1) is 9.26. The number of aromatic nitrogens is 2. The largest absolute Gasteiger partial charge is 0.355 e. The second kappa shape index (κ2) is 6.33. The third kappa shape index (κ3) is 3.12. The average Bonchev–Trinajstić information content (AvgIpc) is 2.77. The van der Waals surface area contributed by atoms with Gasteiger partial charge in [-0.25, -0.2) is 4.98 Å². The number of rotatable bonds is 6. The molecule has 5 nitrogen and oxygen atoms in total. The first-order valence-corrected chi connectivity index (χ1v) is 6.65. The summed E-state index contributed by atoms with van der Waals surface area (Å²) in [5.41, 5.74) is 7.55. The van der Waals surface area contributed by atoms with Crippen LogP contribution in [-0.4, -0.2) is 22.0 Å². The molecule has 2 aromatic rings. The van der Waals surface area contributed by atoms with Gasteiger partial charge >= 0.3 is 0 Å². The van der Waals surface area contributed by atoms with E-state index in [2.05, 4.69) is 17.2 Å². The van der Waals surface area contributed by atoms with E-state index in [4.69, 9.17) is 5.73 Å². The number of nitrogens with one attached hydrogen (secondary N) is 1.